The molecule has 0 radical (unpaired) electrons. The molecule has 0 aromatic carbocycles. The number of carbonyl (C=O) groups is 1. The van der Waals surface area contributed by atoms with Crippen molar-refractivity contribution in [2.24, 2.45) is 0 Å². The summed E-state index contributed by atoms with van der Waals surface area (Å²) in [6.45, 7) is 6.03. The molecule has 0 bridgehead atoms. The molecule has 1 aliphatic rings. The first-order chi connectivity index (χ1) is 8.74. The largest absolute Gasteiger partial charge is 0.351 e. The van der Waals surface area contributed by atoms with E-state index in [1.54, 1.807) is 6.07 Å². The van der Waals surface area contributed by atoms with Gasteiger partial charge in [0.1, 0.15) is 0 Å². The summed E-state index contributed by atoms with van der Waals surface area (Å²) in [5.74, 6) is 0.542. The van der Waals surface area contributed by atoms with Gasteiger partial charge in [-0.05, 0) is 25.8 Å². The smallest absolute Gasteiger partial charge is 0.290 e. The van der Waals surface area contributed by atoms with Crippen molar-refractivity contribution >= 4 is 18.3 Å². The van der Waals surface area contributed by atoms with E-state index in [1.165, 1.54) is 0 Å². The summed E-state index contributed by atoms with van der Waals surface area (Å²) in [7, 11) is 0. The number of hydrogen-bond donors (Lipinski definition) is 2. The van der Waals surface area contributed by atoms with Crippen LogP contribution in [0, 0.1) is 0 Å². The van der Waals surface area contributed by atoms with Gasteiger partial charge >= 0.3 is 0 Å². The third-order valence-electron chi connectivity index (χ3n) is 3.55. The number of nitrogens with one attached hydrogen (secondary N) is 2. The molecule has 1 aliphatic heterocycles. The Kier molecular flexibility index (Phi) is 6.31. The van der Waals surface area contributed by atoms with E-state index in [9.17, 15) is 4.79 Å². The zero-order chi connectivity index (χ0) is 13.0. The standard InChI is InChI=1S/C13H21N3O2.ClH/c1-3-9(4-2)11-7-12(18-16-11)13(17)15-10-5-6-14-8-10;/h7,9-10,14H,3-6,8H2,1-2H3,(H,15,17);1H. The molecule has 108 valence electrons. The molecule has 19 heavy (non-hydrogen) atoms. The van der Waals surface area contributed by atoms with Crippen molar-refractivity contribution < 1.29 is 9.32 Å². The number of hydrogen-bond acceptors (Lipinski definition) is 4. The van der Waals surface area contributed by atoms with Crippen LogP contribution in [0.4, 0.5) is 0 Å². The maximum absolute atomic E-state index is 11.9. The highest BCUT2D eigenvalue weighted by molar-refractivity contribution is 5.91. The first-order valence-electron chi connectivity index (χ1n) is 6.72. The summed E-state index contributed by atoms with van der Waals surface area (Å²) in [6.07, 6.45) is 2.99. The normalized spacial score (nSPS) is 18.4. The van der Waals surface area contributed by atoms with Crippen molar-refractivity contribution in [2.45, 2.75) is 45.1 Å². The monoisotopic (exact) mass is 287 g/mol. The molecular formula is C13H22ClN3O2. The molecule has 6 heteroatoms. The summed E-state index contributed by atoms with van der Waals surface area (Å²) < 4.78 is 5.14. The Bertz CT molecular complexity index is 398. The lowest BCUT2D eigenvalue weighted by Crippen LogP contribution is -2.36. The average molecular weight is 288 g/mol. The van der Waals surface area contributed by atoms with E-state index in [-0.39, 0.29) is 24.4 Å². The molecule has 5 nitrogen and oxygen atoms in total. The van der Waals surface area contributed by atoms with Gasteiger partial charge in [-0.15, -0.1) is 12.4 Å². The van der Waals surface area contributed by atoms with Gasteiger partial charge in [0, 0.05) is 24.6 Å². The molecule has 2 heterocycles. The van der Waals surface area contributed by atoms with Crippen molar-refractivity contribution in [3.05, 3.63) is 17.5 Å². The van der Waals surface area contributed by atoms with E-state index in [2.05, 4.69) is 29.6 Å². The molecule has 1 aromatic rings. The molecule has 1 unspecified atom stereocenters. The van der Waals surface area contributed by atoms with Gasteiger partial charge in [-0.2, -0.15) is 0 Å². The lowest BCUT2D eigenvalue weighted by Gasteiger charge is -2.08. The number of aromatic nitrogens is 1. The Hall–Kier alpha value is -1.07. The number of amides is 1. The van der Waals surface area contributed by atoms with Crippen LogP contribution in [-0.4, -0.2) is 30.2 Å². The molecule has 0 saturated carbocycles. The molecule has 2 N–H and O–H groups in total. The van der Waals surface area contributed by atoms with Gasteiger partial charge in [-0.25, -0.2) is 0 Å². The van der Waals surface area contributed by atoms with Crippen LogP contribution in [0.5, 0.6) is 0 Å². The Morgan fingerprint density at radius 3 is 2.89 bits per heavy atom. The van der Waals surface area contributed by atoms with Gasteiger partial charge in [0.25, 0.3) is 5.91 Å². The zero-order valence-electron chi connectivity index (χ0n) is 11.4. The Morgan fingerprint density at radius 2 is 2.32 bits per heavy atom. The quantitative estimate of drug-likeness (QED) is 0.870. The second-order valence-corrected chi connectivity index (χ2v) is 4.79. The summed E-state index contributed by atoms with van der Waals surface area (Å²) >= 11 is 0. The minimum atomic E-state index is -0.159. The predicted molar refractivity (Wildman–Crippen MR) is 75.8 cm³/mol. The van der Waals surface area contributed by atoms with E-state index in [1.807, 2.05) is 0 Å². The van der Waals surface area contributed by atoms with Gasteiger partial charge in [0.15, 0.2) is 0 Å². The number of carbonyl (C=O) groups excluding carboxylic acids is 1. The van der Waals surface area contributed by atoms with Gasteiger partial charge in [0.2, 0.25) is 5.76 Å². The van der Waals surface area contributed by atoms with Crippen LogP contribution in [-0.2, 0) is 0 Å². The second-order valence-electron chi connectivity index (χ2n) is 4.79. The Morgan fingerprint density at radius 1 is 1.58 bits per heavy atom. The summed E-state index contributed by atoms with van der Waals surface area (Å²) in [5.41, 5.74) is 0.884. The molecule has 0 aliphatic carbocycles. The molecular weight excluding hydrogens is 266 g/mol. The molecule has 1 saturated heterocycles. The van der Waals surface area contributed by atoms with Crippen molar-refractivity contribution in [1.29, 1.82) is 0 Å². The van der Waals surface area contributed by atoms with E-state index < -0.39 is 0 Å². The topological polar surface area (TPSA) is 67.2 Å². The van der Waals surface area contributed by atoms with E-state index >= 15 is 0 Å². The van der Waals surface area contributed by atoms with Gasteiger partial charge in [-0.3, -0.25) is 4.79 Å². The van der Waals surface area contributed by atoms with Gasteiger partial charge in [-0.1, -0.05) is 19.0 Å². The molecule has 1 aromatic heterocycles. The van der Waals surface area contributed by atoms with Crippen LogP contribution in [0.2, 0.25) is 0 Å². The first kappa shape index (κ1) is 16.0. The first-order valence-corrected chi connectivity index (χ1v) is 6.72. The van der Waals surface area contributed by atoms with Crippen LogP contribution in [0.1, 0.15) is 55.3 Å². The molecule has 1 fully saturated rings. The number of nitrogens with zero attached hydrogens (tertiary/aromatic N) is 1. The summed E-state index contributed by atoms with van der Waals surface area (Å²) in [5, 5.41) is 10.2. The molecule has 1 amide bonds. The summed E-state index contributed by atoms with van der Waals surface area (Å²) in [4.78, 5) is 11.9. The highest BCUT2D eigenvalue weighted by atomic mass is 35.5. The van der Waals surface area contributed by atoms with Crippen molar-refractivity contribution in [1.82, 2.24) is 15.8 Å². The minimum absolute atomic E-state index is 0. The highest BCUT2D eigenvalue weighted by Gasteiger charge is 2.21. The van der Waals surface area contributed by atoms with Crippen LogP contribution in [0.3, 0.4) is 0 Å². The van der Waals surface area contributed by atoms with Crippen LogP contribution in [0.15, 0.2) is 10.6 Å². The van der Waals surface area contributed by atoms with Gasteiger partial charge in [0.05, 0.1) is 5.69 Å². The van der Waals surface area contributed by atoms with E-state index in [0.717, 1.165) is 38.0 Å². The van der Waals surface area contributed by atoms with E-state index in [0.29, 0.717) is 11.7 Å². The highest BCUT2D eigenvalue weighted by Crippen LogP contribution is 2.22. The van der Waals surface area contributed by atoms with Crippen molar-refractivity contribution in [2.75, 3.05) is 13.1 Å². The third-order valence-corrected chi connectivity index (χ3v) is 3.55. The maximum atomic E-state index is 11.9. The number of rotatable bonds is 5. The number of halogens is 1. The van der Waals surface area contributed by atoms with Crippen molar-refractivity contribution in [3.63, 3.8) is 0 Å². The lowest BCUT2D eigenvalue weighted by atomic mass is 9.99. The van der Waals surface area contributed by atoms with Crippen LogP contribution in [0.25, 0.3) is 0 Å². The zero-order valence-corrected chi connectivity index (χ0v) is 12.3. The summed E-state index contributed by atoms with van der Waals surface area (Å²) in [6, 6.07) is 1.98. The minimum Gasteiger partial charge on any atom is -0.351 e. The van der Waals surface area contributed by atoms with Crippen LogP contribution < -0.4 is 10.6 Å². The average Bonchev–Trinajstić information content (AvgIpc) is 3.01. The Labute approximate surface area is 119 Å². The molecule has 2 rings (SSSR count). The van der Waals surface area contributed by atoms with Gasteiger partial charge < -0.3 is 15.2 Å². The fourth-order valence-corrected chi connectivity index (χ4v) is 2.33. The Balaban J connectivity index is 0.00000180. The predicted octanol–water partition coefficient (Wildman–Crippen LogP) is 2.09. The lowest BCUT2D eigenvalue weighted by molar-refractivity contribution is 0.0902. The van der Waals surface area contributed by atoms with Crippen molar-refractivity contribution in [3.8, 4) is 0 Å². The maximum Gasteiger partial charge on any atom is 0.290 e. The fraction of sp³-hybridized carbons (Fsp3) is 0.692. The van der Waals surface area contributed by atoms with Crippen LogP contribution >= 0.6 is 12.4 Å². The van der Waals surface area contributed by atoms with E-state index in [4.69, 9.17) is 4.52 Å². The fourth-order valence-electron chi connectivity index (χ4n) is 2.33. The second kappa shape index (κ2) is 7.50. The third kappa shape index (κ3) is 3.94. The SMILES string of the molecule is CCC(CC)c1cc(C(=O)NC2CCNC2)on1.Cl. The molecule has 1 atom stereocenters. The molecule has 0 spiro atoms.